The number of halogens is 1. The molecule has 0 saturated heterocycles. The van der Waals surface area contributed by atoms with Crippen molar-refractivity contribution >= 4 is 11.9 Å². The molecule has 1 heterocycles. The van der Waals surface area contributed by atoms with Gasteiger partial charge in [-0.05, 0) is 62.2 Å². The molecule has 0 bridgehead atoms. The fourth-order valence-electron chi connectivity index (χ4n) is 2.90. The average molecular weight is 371 g/mol. The Morgan fingerprint density at radius 2 is 1.96 bits per heavy atom. The highest BCUT2D eigenvalue weighted by atomic mass is 19.1. The maximum Gasteiger partial charge on any atom is 0.326 e. The van der Waals surface area contributed by atoms with Crippen molar-refractivity contribution in [3.63, 3.8) is 0 Å². The predicted molar refractivity (Wildman–Crippen MR) is 97.8 cm³/mol. The van der Waals surface area contributed by atoms with Gasteiger partial charge in [-0.2, -0.15) is 0 Å². The summed E-state index contributed by atoms with van der Waals surface area (Å²) in [6, 6.07) is 11.4. The van der Waals surface area contributed by atoms with Gasteiger partial charge in [0.2, 0.25) is 0 Å². The van der Waals surface area contributed by atoms with Gasteiger partial charge in [0.25, 0.3) is 5.91 Å². The minimum atomic E-state index is -0.593. The highest BCUT2D eigenvalue weighted by Crippen LogP contribution is 2.27. The maximum atomic E-state index is 13.2. The van der Waals surface area contributed by atoms with Crippen LogP contribution in [-0.2, 0) is 22.7 Å². The van der Waals surface area contributed by atoms with Crippen molar-refractivity contribution < 1.29 is 23.5 Å². The largest absolute Gasteiger partial charge is 0.489 e. The lowest BCUT2D eigenvalue weighted by atomic mass is 10.1. The number of ether oxygens (including phenoxy) is 2. The zero-order chi connectivity index (χ0) is 19.6. The molecular formula is C21H22FNO4. The molecule has 5 nitrogen and oxygen atoms in total. The molecule has 6 heteroatoms. The summed E-state index contributed by atoms with van der Waals surface area (Å²) in [6.07, 6.45) is 0. The molecular weight excluding hydrogens is 349 g/mol. The summed E-state index contributed by atoms with van der Waals surface area (Å²) < 4.78 is 24.2. The molecule has 2 aromatic rings. The molecule has 27 heavy (non-hydrogen) atoms. The maximum absolute atomic E-state index is 13.2. The van der Waals surface area contributed by atoms with Crippen LogP contribution in [0.15, 0.2) is 42.5 Å². The van der Waals surface area contributed by atoms with Crippen molar-refractivity contribution in [3.8, 4) is 5.75 Å². The van der Waals surface area contributed by atoms with Gasteiger partial charge in [-0.3, -0.25) is 9.59 Å². The Hall–Kier alpha value is -2.89. The molecule has 1 aliphatic rings. The van der Waals surface area contributed by atoms with E-state index in [1.165, 1.54) is 17.0 Å². The molecule has 2 aromatic carbocycles. The lowest BCUT2D eigenvalue weighted by molar-refractivity contribution is -0.155. The third-order valence-corrected chi connectivity index (χ3v) is 3.99. The lowest BCUT2D eigenvalue weighted by Crippen LogP contribution is -2.35. The second kappa shape index (κ2) is 7.39. The van der Waals surface area contributed by atoms with Crippen LogP contribution < -0.4 is 4.74 Å². The van der Waals surface area contributed by atoms with Crippen LogP contribution in [0.1, 0.15) is 42.3 Å². The van der Waals surface area contributed by atoms with E-state index in [9.17, 15) is 14.0 Å². The zero-order valence-electron chi connectivity index (χ0n) is 15.6. The molecule has 0 aromatic heterocycles. The standard InChI is InChI=1S/C21H22FNO4/c1-21(2,3)27-19(24)12-23-11-15-10-17(7-8-18(15)20(23)25)26-13-14-5-4-6-16(22)9-14/h4-10H,11-13H2,1-3H3. The van der Waals surface area contributed by atoms with Gasteiger partial charge in [0, 0.05) is 12.1 Å². The van der Waals surface area contributed by atoms with Crippen LogP contribution >= 0.6 is 0 Å². The van der Waals surface area contributed by atoms with Gasteiger partial charge in [-0.25, -0.2) is 4.39 Å². The van der Waals surface area contributed by atoms with Crippen LogP contribution in [0.4, 0.5) is 4.39 Å². The van der Waals surface area contributed by atoms with Gasteiger partial charge in [-0.1, -0.05) is 12.1 Å². The number of fused-ring (bicyclic) bond motifs is 1. The summed E-state index contributed by atoms with van der Waals surface area (Å²) in [5.41, 5.74) is 1.47. The SMILES string of the molecule is CC(C)(C)OC(=O)CN1Cc2cc(OCc3cccc(F)c3)ccc2C1=O. The topological polar surface area (TPSA) is 55.8 Å². The molecule has 0 N–H and O–H groups in total. The summed E-state index contributed by atoms with van der Waals surface area (Å²) in [4.78, 5) is 25.9. The average Bonchev–Trinajstić information content (AvgIpc) is 2.86. The van der Waals surface area contributed by atoms with E-state index in [0.29, 0.717) is 17.9 Å². The minimum absolute atomic E-state index is 0.0930. The quantitative estimate of drug-likeness (QED) is 0.752. The number of hydrogen-bond acceptors (Lipinski definition) is 4. The van der Waals surface area contributed by atoms with Crippen LogP contribution in [0, 0.1) is 5.82 Å². The monoisotopic (exact) mass is 371 g/mol. The number of carbonyl (C=O) groups excluding carboxylic acids is 2. The van der Waals surface area contributed by atoms with E-state index >= 15 is 0 Å². The number of nitrogens with zero attached hydrogens (tertiary/aromatic N) is 1. The molecule has 1 aliphatic heterocycles. The Morgan fingerprint density at radius 3 is 2.67 bits per heavy atom. The number of benzene rings is 2. The van der Waals surface area contributed by atoms with E-state index in [1.54, 1.807) is 51.1 Å². The summed E-state index contributed by atoms with van der Waals surface area (Å²) in [5.74, 6) is -0.364. The Morgan fingerprint density at radius 1 is 1.19 bits per heavy atom. The number of hydrogen-bond donors (Lipinski definition) is 0. The van der Waals surface area contributed by atoms with Gasteiger partial charge in [0.15, 0.2) is 0 Å². The predicted octanol–water partition coefficient (Wildman–Crippen LogP) is 3.70. The highest BCUT2D eigenvalue weighted by molar-refractivity contribution is 6.00. The van der Waals surface area contributed by atoms with E-state index in [4.69, 9.17) is 9.47 Å². The highest BCUT2D eigenvalue weighted by Gasteiger charge is 2.30. The van der Waals surface area contributed by atoms with Gasteiger partial charge in [0.05, 0.1) is 0 Å². The summed E-state index contributed by atoms with van der Waals surface area (Å²) >= 11 is 0. The van der Waals surface area contributed by atoms with Crippen molar-refractivity contribution in [3.05, 3.63) is 65.0 Å². The van der Waals surface area contributed by atoms with E-state index in [-0.39, 0.29) is 24.9 Å². The zero-order valence-corrected chi connectivity index (χ0v) is 15.6. The Kier molecular flexibility index (Phi) is 5.17. The molecule has 0 aliphatic carbocycles. The van der Waals surface area contributed by atoms with E-state index < -0.39 is 11.6 Å². The second-order valence-corrected chi connectivity index (χ2v) is 7.49. The molecule has 1 amide bonds. The van der Waals surface area contributed by atoms with Crippen molar-refractivity contribution in [2.24, 2.45) is 0 Å². The van der Waals surface area contributed by atoms with Crippen LogP contribution in [0.2, 0.25) is 0 Å². The van der Waals surface area contributed by atoms with Gasteiger partial charge < -0.3 is 14.4 Å². The third kappa shape index (κ3) is 4.84. The first-order valence-corrected chi connectivity index (χ1v) is 8.72. The van der Waals surface area contributed by atoms with Crippen LogP contribution in [0.25, 0.3) is 0 Å². The van der Waals surface area contributed by atoms with E-state index in [1.807, 2.05) is 0 Å². The van der Waals surface area contributed by atoms with Crippen molar-refractivity contribution in [1.29, 1.82) is 0 Å². The Balaban J connectivity index is 1.64. The van der Waals surface area contributed by atoms with Crippen molar-refractivity contribution in [1.82, 2.24) is 4.90 Å². The molecule has 0 fully saturated rings. The van der Waals surface area contributed by atoms with Crippen LogP contribution in [-0.4, -0.2) is 28.9 Å². The summed E-state index contributed by atoms with van der Waals surface area (Å²) in [6.45, 7) is 5.82. The molecule has 0 atom stereocenters. The molecule has 0 unspecified atom stereocenters. The first-order chi connectivity index (χ1) is 12.7. The molecule has 142 valence electrons. The van der Waals surface area contributed by atoms with Gasteiger partial charge in [-0.15, -0.1) is 0 Å². The van der Waals surface area contributed by atoms with Crippen LogP contribution in [0.3, 0.4) is 0 Å². The number of esters is 1. The molecule has 0 saturated carbocycles. The molecule has 3 rings (SSSR count). The van der Waals surface area contributed by atoms with E-state index in [0.717, 1.165) is 11.1 Å². The Bertz CT molecular complexity index is 873. The number of carbonyl (C=O) groups is 2. The van der Waals surface area contributed by atoms with Crippen LogP contribution in [0.5, 0.6) is 5.75 Å². The number of amides is 1. The minimum Gasteiger partial charge on any atom is -0.489 e. The van der Waals surface area contributed by atoms with E-state index in [2.05, 4.69) is 0 Å². The normalized spacial score (nSPS) is 13.5. The Labute approximate surface area is 157 Å². The van der Waals surface area contributed by atoms with Crippen molar-refractivity contribution in [2.45, 2.75) is 39.5 Å². The molecule has 0 radical (unpaired) electrons. The van der Waals surface area contributed by atoms with Gasteiger partial charge in [0.1, 0.15) is 30.3 Å². The van der Waals surface area contributed by atoms with Crippen molar-refractivity contribution in [2.75, 3.05) is 6.54 Å². The second-order valence-electron chi connectivity index (χ2n) is 7.49. The first-order valence-electron chi connectivity index (χ1n) is 8.72. The van der Waals surface area contributed by atoms with Gasteiger partial charge >= 0.3 is 5.97 Å². The fraction of sp³-hybridized carbons (Fsp3) is 0.333. The lowest BCUT2D eigenvalue weighted by Gasteiger charge is -2.22. The third-order valence-electron chi connectivity index (χ3n) is 3.99. The summed E-state index contributed by atoms with van der Waals surface area (Å²) in [5, 5.41) is 0. The number of rotatable bonds is 5. The fourth-order valence-corrected chi connectivity index (χ4v) is 2.90. The first kappa shape index (κ1) is 18.9. The smallest absolute Gasteiger partial charge is 0.326 e. The molecule has 0 spiro atoms. The summed E-state index contributed by atoms with van der Waals surface area (Å²) in [7, 11) is 0.